The summed E-state index contributed by atoms with van der Waals surface area (Å²) in [6.07, 6.45) is 0.783. The van der Waals surface area contributed by atoms with Crippen LogP contribution >= 0.6 is 23.2 Å². The Morgan fingerprint density at radius 2 is 2.14 bits per heavy atom. The predicted octanol–water partition coefficient (Wildman–Crippen LogP) is 3.48. The second-order valence-electron chi connectivity index (χ2n) is 3.91. The molecule has 0 aliphatic heterocycles. The Bertz CT molecular complexity index is 349. The van der Waals surface area contributed by atoms with Crippen molar-refractivity contribution in [3.05, 3.63) is 33.8 Å². The van der Waals surface area contributed by atoms with Crippen LogP contribution < -0.4 is 0 Å². The van der Waals surface area contributed by atoms with Crippen molar-refractivity contribution >= 4 is 23.2 Å². The van der Waals surface area contributed by atoms with Gasteiger partial charge in [0.2, 0.25) is 0 Å². The fraction of sp³-hybridized carbons (Fsp3) is 0.455. The number of hydrogen-bond donors (Lipinski definition) is 1. The van der Waals surface area contributed by atoms with E-state index in [0.717, 1.165) is 12.0 Å². The highest BCUT2D eigenvalue weighted by atomic mass is 35.5. The normalized spacial score (nSPS) is 27.4. The van der Waals surface area contributed by atoms with Crippen LogP contribution in [0.25, 0.3) is 0 Å². The molecule has 1 saturated carbocycles. The molecule has 0 radical (unpaired) electrons. The average molecular weight is 231 g/mol. The number of aliphatic hydroxyl groups is 1. The largest absolute Gasteiger partial charge is 0.393 e. The highest BCUT2D eigenvalue weighted by molar-refractivity contribution is 6.35. The van der Waals surface area contributed by atoms with Crippen molar-refractivity contribution in [3.63, 3.8) is 0 Å². The van der Waals surface area contributed by atoms with Crippen LogP contribution in [0.1, 0.15) is 24.8 Å². The SMILES string of the molecule is C[C@H](O)[C@H]1C[C@H]1c1ccc(Cl)cc1Cl. The summed E-state index contributed by atoms with van der Waals surface area (Å²) >= 11 is 11.9. The van der Waals surface area contributed by atoms with Gasteiger partial charge in [-0.3, -0.25) is 0 Å². The van der Waals surface area contributed by atoms with Crippen molar-refractivity contribution in [3.8, 4) is 0 Å². The lowest BCUT2D eigenvalue weighted by Gasteiger charge is -2.05. The molecular weight excluding hydrogens is 219 g/mol. The minimum absolute atomic E-state index is 0.244. The summed E-state index contributed by atoms with van der Waals surface area (Å²) < 4.78 is 0. The molecule has 1 aromatic rings. The fourth-order valence-electron chi connectivity index (χ4n) is 1.91. The van der Waals surface area contributed by atoms with Crippen molar-refractivity contribution < 1.29 is 5.11 Å². The van der Waals surface area contributed by atoms with E-state index >= 15 is 0 Å². The van der Waals surface area contributed by atoms with E-state index < -0.39 is 0 Å². The van der Waals surface area contributed by atoms with Crippen LogP contribution in [0.3, 0.4) is 0 Å². The molecule has 3 heteroatoms. The van der Waals surface area contributed by atoms with Crippen molar-refractivity contribution in [2.75, 3.05) is 0 Å². The second-order valence-corrected chi connectivity index (χ2v) is 4.76. The van der Waals surface area contributed by atoms with Gasteiger partial charge in [0, 0.05) is 10.0 Å². The maximum Gasteiger partial charge on any atom is 0.0546 e. The molecular formula is C11H12Cl2O. The molecule has 0 saturated heterocycles. The van der Waals surface area contributed by atoms with Gasteiger partial charge in [-0.15, -0.1) is 0 Å². The van der Waals surface area contributed by atoms with Crippen molar-refractivity contribution in [1.29, 1.82) is 0 Å². The van der Waals surface area contributed by atoms with E-state index in [-0.39, 0.29) is 6.10 Å². The third kappa shape index (κ3) is 1.90. The summed E-state index contributed by atoms with van der Waals surface area (Å²) in [6.45, 7) is 1.83. The molecule has 0 heterocycles. The third-order valence-electron chi connectivity index (χ3n) is 2.82. The summed E-state index contributed by atoms with van der Waals surface area (Å²) in [5.74, 6) is 0.786. The smallest absolute Gasteiger partial charge is 0.0546 e. The van der Waals surface area contributed by atoms with Gasteiger partial charge in [0.15, 0.2) is 0 Å². The Kier molecular flexibility index (Phi) is 2.74. The molecule has 1 fully saturated rings. The standard InChI is InChI=1S/C11H12Cl2O/c1-6(14)9-5-10(9)8-3-2-7(12)4-11(8)13/h2-4,6,9-10,14H,5H2,1H3/t6-,9+,10-/m0/s1. The van der Waals surface area contributed by atoms with Crippen LogP contribution in [0.5, 0.6) is 0 Å². The lowest BCUT2D eigenvalue weighted by molar-refractivity contribution is 0.169. The summed E-state index contributed by atoms with van der Waals surface area (Å²) in [5, 5.41) is 10.8. The number of aliphatic hydroxyl groups excluding tert-OH is 1. The predicted molar refractivity (Wildman–Crippen MR) is 59.0 cm³/mol. The Morgan fingerprint density at radius 3 is 2.64 bits per heavy atom. The molecule has 1 N–H and O–H groups in total. The van der Waals surface area contributed by atoms with Crippen LogP contribution in [0.4, 0.5) is 0 Å². The zero-order valence-corrected chi connectivity index (χ0v) is 9.39. The van der Waals surface area contributed by atoms with E-state index in [9.17, 15) is 5.11 Å². The number of benzene rings is 1. The average Bonchev–Trinajstić information content (AvgIpc) is 2.83. The van der Waals surface area contributed by atoms with Crippen LogP contribution in [-0.2, 0) is 0 Å². The molecule has 0 spiro atoms. The monoisotopic (exact) mass is 230 g/mol. The van der Waals surface area contributed by atoms with Gasteiger partial charge in [0.25, 0.3) is 0 Å². The van der Waals surface area contributed by atoms with Crippen LogP contribution in [-0.4, -0.2) is 11.2 Å². The number of halogens is 2. The Hall–Kier alpha value is -0.240. The quantitative estimate of drug-likeness (QED) is 0.826. The lowest BCUT2D eigenvalue weighted by Crippen LogP contribution is -2.03. The van der Waals surface area contributed by atoms with E-state index in [2.05, 4.69) is 0 Å². The van der Waals surface area contributed by atoms with Gasteiger partial charge in [-0.2, -0.15) is 0 Å². The highest BCUT2D eigenvalue weighted by Gasteiger charge is 2.42. The number of rotatable bonds is 2. The fourth-order valence-corrected chi connectivity index (χ4v) is 2.46. The van der Waals surface area contributed by atoms with Gasteiger partial charge < -0.3 is 5.11 Å². The van der Waals surface area contributed by atoms with Crippen molar-refractivity contribution in [2.45, 2.75) is 25.4 Å². The molecule has 0 unspecified atom stereocenters. The molecule has 0 bridgehead atoms. The van der Waals surface area contributed by atoms with E-state index in [1.807, 2.05) is 19.1 Å². The Labute approximate surface area is 93.7 Å². The first kappa shape index (κ1) is 10.3. The van der Waals surface area contributed by atoms with Gasteiger partial charge >= 0.3 is 0 Å². The summed E-state index contributed by atoms with van der Waals surface area (Å²) in [5.41, 5.74) is 1.11. The topological polar surface area (TPSA) is 20.2 Å². The van der Waals surface area contributed by atoms with Gasteiger partial charge in [0.1, 0.15) is 0 Å². The zero-order chi connectivity index (χ0) is 10.3. The van der Waals surface area contributed by atoms with Gasteiger partial charge in [-0.05, 0) is 42.9 Å². The lowest BCUT2D eigenvalue weighted by atomic mass is 10.1. The van der Waals surface area contributed by atoms with E-state index in [0.29, 0.717) is 21.9 Å². The first-order valence-corrected chi connectivity index (χ1v) is 5.48. The molecule has 1 nitrogen and oxygen atoms in total. The first-order chi connectivity index (χ1) is 6.59. The van der Waals surface area contributed by atoms with Crippen LogP contribution in [0, 0.1) is 5.92 Å². The molecule has 0 amide bonds. The molecule has 76 valence electrons. The van der Waals surface area contributed by atoms with Crippen molar-refractivity contribution in [1.82, 2.24) is 0 Å². The first-order valence-electron chi connectivity index (χ1n) is 4.72. The Balaban J connectivity index is 2.19. The third-order valence-corrected chi connectivity index (χ3v) is 3.38. The summed E-state index contributed by atoms with van der Waals surface area (Å²) in [4.78, 5) is 0. The van der Waals surface area contributed by atoms with Crippen LogP contribution in [0.15, 0.2) is 18.2 Å². The van der Waals surface area contributed by atoms with Crippen molar-refractivity contribution in [2.24, 2.45) is 5.92 Å². The maximum absolute atomic E-state index is 9.40. The van der Waals surface area contributed by atoms with Gasteiger partial charge in [-0.25, -0.2) is 0 Å². The van der Waals surface area contributed by atoms with Crippen LogP contribution in [0.2, 0.25) is 10.0 Å². The zero-order valence-electron chi connectivity index (χ0n) is 7.87. The summed E-state index contributed by atoms with van der Waals surface area (Å²) in [6, 6.07) is 5.56. The van der Waals surface area contributed by atoms with E-state index in [4.69, 9.17) is 23.2 Å². The number of hydrogen-bond acceptors (Lipinski definition) is 1. The molecule has 1 aliphatic carbocycles. The second kappa shape index (κ2) is 3.73. The maximum atomic E-state index is 9.40. The highest BCUT2D eigenvalue weighted by Crippen LogP contribution is 2.51. The molecule has 14 heavy (non-hydrogen) atoms. The van der Waals surface area contributed by atoms with E-state index in [1.165, 1.54) is 0 Å². The molecule has 2 rings (SSSR count). The van der Waals surface area contributed by atoms with E-state index in [1.54, 1.807) is 6.07 Å². The minimum Gasteiger partial charge on any atom is -0.393 e. The molecule has 1 aliphatic rings. The minimum atomic E-state index is -0.244. The van der Waals surface area contributed by atoms with Gasteiger partial charge in [0.05, 0.1) is 6.10 Å². The molecule has 3 atom stereocenters. The molecule has 0 aromatic heterocycles. The van der Waals surface area contributed by atoms with Gasteiger partial charge in [-0.1, -0.05) is 29.3 Å². The molecule has 1 aromatic carbocycles. The Morgan fingerprint density at radius 1 is 1.43 bits per heavy atom. The summed E-state index contributed by atoms with van der Waals surface area (Å²) in [7, 11) is 0.